The standard InChI is InChI=1S/C21H24N4O6/c1-13-5-7-15(9-17(13)24(28)29)19(26)22-11-21(3,4)12-23-20(27)16-8-6-14(2)18(10-16)25(30)31/h5-10H,11-12H2,1-4H3,(H,22,26)(H,23,27). The van der Waals surface area contributed by atoms with E-state index in [0.29, 0.717) is 11.1 Å². The third-order valence-corrected chi connectivity index (χ3v) is 4.79. The van der Waals surface area contributed by atoms with Crippen molar-refractivity contribution in [3.8, 4) is 0 Å². The van der Waals surface area contributed by atoms with Crippen LogP contribution in [0.15, 0.2) is 36.4 Å². The van der Waals surface area contributed by atoms with Crippen LogP contribution >= 0.6 is 0 Å². The van der Waals surface area contributed by atoms with Crippen LogP contribution in [0.4, 0.5) is 11.4 Å². The van der Waals surface area contributed by atoms with E-state index in [1.807, 2.05) is 13.8 Å². The lowest BCUT2D eigenvalue weighted by Gasteiger charge is -2.25. The molecular formula is C21H24N4O6. The molecule has 2 rings (SSSR count). The average Bonchev–Trinajstić information content (AvgIpc) is 2.70. The first-order valence-corrected chi connectivity index (χ1v) is 9.48. The number of nitrogens with zero attached hydrogens (tertiary/aromatic N) is 2. The summed E-state index contributed by atoms with van der Waals surface area (Å²) in [5.41, 5.74) is 0.450. The number of carbonyl (C=O) groups excluding carboxylic acids is 2. The van der Waals surface area contributed by atoms with E-state index in [1.165, 1.54) is 36.4 Å². The SMILES string of the molecule is Cc1ccc(C(=O)NCC(C)(C)CNC(=O)c2ccc(C)c([N+](=O)[O-])c2)cc1[N+](=O)[O-]. The highest BCUT2D eigenvalue weighted by molar-refractivity contribution is 5.95. The molecule has 0 saturated heterocycles. The molecular weight excluding hydrogens is 404 g/mol. The summed E-state index contributed by atoms with van der Waals surface area (Å²) >= 11 is 0. The van der Waals surface area contributed by atoms with Gasteiger partial charge in [-0.25, -0.2) is 0 Å². The lowest BCUT2D eigenvalue weighted by atomic mass is 9.93. The Kier molecular flexibility index (Phi) is 7.06. The minimum absolute atomic E-state index is 0.133. The van der Waals surface area contributed by atoms with E-state index >= 15 is 0 Å². The predicted molar refractivity (Wildman–Crippen MR) is 114 cm³/mol. The molecule has 0 aliphatic carbocycles. The van der Waals surface area contributed by atoms with Crippen LogP contribution in [0.1, 0.15) is 45.7 Å². The minimum Gasteiger partial charge on any atom is -0.351 e. The molecule has 10 heteroatoms. The maximum absolute atomic E-state index is 12.4. The Balaban J connectivity index is 1.98. The molecule has 0 aliphatic heterocycles. The van der Waals surface area contributed by atoms with Gasteiger partial charge in [0.25, 0.3) is 23.2 Å². The largest absolute Gasteiger partial charge is 0.351 e. The number of rotatable bonds is 8. The number of nitrogens with one attached hydrogen (secondary N) is 2. The molecule has 164 valence electrons. The van der Waals surface area contributed by atoms with E-state index in [0.717, 1.165) is 0 Å². The topological polar surface area (TPSA) is 144 Å². The van der Waals surface area contributed by atoms with Crippen LogP contribution in [0.5, 0.6) is 0 Å². The maximum atomic E-state index is 12.4. The highest BCUT2D eigenvalue weighted by Gasteiger charge is 2.23. The Bertz CT molecular complexity index is 967. The number of nitro groups is 2. The molecule has 0 fully saturated rings. The first-order chi connectivity index (χ1) is 14.4. The minimum atomic E-state index is -0.543. The second-order valence-corrected chi connectivity index (χ2v) is 8.05. The highest BCUT2D eigenvalue weighted by Crippen LogP contribution is 2.21. The van der Waals surface area contributed by atoms with E-state index in [4.69, 9.17) is 0 Å². The van der Waals surface area contributed by atoms with Gasteiger partial charge < -0.3 is 10.6 Å². The van der Waals surface area contributed by atoms with Crippen molar-refractivity contribution in [2.24, 2.45) is 5.41 Å². The number of benzene rings is 2. The van der Waals surface area contributed by atoms with Gasteiger partial charge in [-0.1, -0.05) is 26.0 Å². The Morgan fingerprint density at radius 3 is 1.48 bits per heavy atom. The van der Waals surface area contributed by atoms with E-state index < -0.39 is 27.1 Å². The molecule has 0 radical (unpaired) electrons. The van der Waals surface area contributed by atoms with Crippen molar-refractivity contribution >= 4 is 23.2 Å². The fourth-order valence-corrected chi connectivity index (χ4v) is 2.80. The molecule has 31 heavy (non-hydrogen) atoms. The van der Waals surface area contributed by atoms with E-state index in [-0.39, 0.29) is 35.6 Å². The maximum Gasteiger partial charge on any atom is 0.273 e. The Labute approximate surface area is 179 Å². The quantitative estimate of drug-likeness (QED) is 0.487. The summed E-state index contributed by atoms with van der Waals surface area (Å²) in [5.74, 6) is -0.923. The van der Waals surface area contributed by atoms with Gasteiger partial charge in [0.2, 0.25) is 0 Å². The van der Waals surface area contributed by atoms with Gasteiger partial charge in [0.1, 0.15) is 0 Å². The summed E-state index contributed by atoms with van der Waals surface area (Å²) < 4.78 is 0. The van der Waals surface area contributed by atoms with Crippen molar-refractivity contribution in [2.75, 3.05) is 13.1 Å². The summed E-state index contributed by atoms with van der Waals surface area (Å²) in [6.07, 6.45) is 0. The number of hydrogen-bond donors (Lipinski definition) is 2. The van der Waals surface area contributed by atoms with Crippen molar-refractivity contribution in [1.82, 2.24) is 10.6 Å². The van der Waals surface area contributed by atoms with Crippen LogP contribution in [0.3, 0.4) is 0 Å². The Morgan fingerprint density at radius 2 is 1.16 bits per heavy atom. The molecule has 0 aliphatic rings. The third-order valence-electron chi connectivity index (χ3n) is 4.79. The predicted octanol–water partition coefficient (Wildman–Crippen LogP) is 3.31. The molecule has 0 aromatic heterocycles. The van der Waals surface area contributed by atoms with Gasteiger partial charge in [0, 0.05) is 47.5 Å². The Morgan fingerprint density at radius 1 is 0.806 bits per heavy atom. The second kappa shape index (κ2) is 9.33. The first-order valence-electron chi connectivity index (χ1n) is 9.48. The number of aryl methyl sites for hydroxylation is 2. The summed E-state index contributed by atoms with van der Waals surface area (Å²) in [6, 6.07) is 8.50. The Hall–Kier alpha value is -3.82. The third kappa shape index (κ3) is 6.08. The molecule has 0 bridgehead atoms. The molecule has 0 spiro atoms. The van der Waals surface area contributed by atoms with Gasteiger partial charge in [-0.3, -0.25) is 29.8 Å². The first kappa shape index (κ1) is 23.5. The van der Waals surface area contributed by atoms with Crippen molar-refractivity contribution in [3.63, 3.8) is 0 Å². The van der Waals surface area contributed by atoms with Crippen molar-refractivity contribution in [2.45, 2.75) is 27.7 Å². The van der Waals surface area contributed by atoms with E-state index in [1.54, 1.807) is 13.8 Å². The van der Waals surface area contributed by atoms with Gasteiger partial charge in [-0.2, -0.15) is 0 Å². The summed E-state index contributed by atoms with van der Waals surface area (Å²) in [6.45, 7) is 7.22. The van der Waals surface area contributed by atoms with Crippen LogP contribution in [-0.4, -0.2) is 34.8 Å². The molecule has 0 unspecified atom stereocenters. The zero-order valence-corrected chi connectivity index (χ0v) is 17.7. The molecule has 0 atom stereocenters. The van der Waals surface area contributed by atoms with Gasteiger partial charge in [0.15, 0.2) is 0 Å². The number of nitro benzene ring substituents is 2. The second-order valence-electron chi connectivity index (χ2n) is 8.05. The normalized spacial score (nSPS) is 11.0. The zero-order chi connectivity index (χ0) is 23.3. The summed E-state index contributed by atoms with van der Waals surface area (Å²) in [7, 11) is 0. The van der Waals surface area contributed by atoms with E-state index in [9.17, 15) is 29.8 Å². The molecule has 2 aromatic rings. The van der Waals surface area contributed by atoms with Gasteiger partial charge in [-0.05, 0) is 31.4 Å². The van der Waals surface area contributed by atoms with E-state index in [2.05, 4.69) is 10.6 Å². The number of amides is 2. The van der Waals surface area contributed by atoms with Gasteiger partial charge in [0.05, 0.1) is 9.85 Å². The molecule has 0 saturated carbocycles. The zero-order valence-electron chi connectivity index (χ0n) is 17.7. The van der Waals surface area contributed by atoms with Gasteiger partial charge in [-0.15, -0.1) is 0 Å². The average molecular weight is 428 g/mol. The fourth-order valence-electron chi connectivity index (χ4n) is 2.80. The van der Waals surface area contributed by atoms with Crippen LogP contribution in [-0.2, 0) is 0 Å². The monoisotopic (exact) mass is 428 g/mol. The van der Waals surface area contributed by atoms with Crippen molar-refractivity contribution < 1.29 is 19.4 Å². The van der Waals surface area contributed by atoms with Crippen LogP contribution in [0.25, 0.3) is 0 Å². The fraction of sp³-hybridized carbons (Fsp3) is 0.333. The van der Waals surface area contributed by atoms with Crippen molar-refractivity contribution in [1.29, 1.82) is 0 Å². The van der Waals surface area contributed by atoms with Crippen molar-refractivity contribution in [3.05, 3.63) is 78.9 Å². The molecule has 2 aromatic carbocycles. The van der Waals surface area contributed by atoms with Crippen LogP contribution in [0, 0.1) is 39.5 Å². The molecule has 10 nitrogen and oxygen atoms in total. The lowest BCUT2D eigenvalue weighted by molar-refractivity contribution is -0.385. The molecule has 0 heterocycles. The molecule has 2 amide bonds. The van der Waals surface area contributed by atoms with Gasteiger partial charge >= 0.3 is 0 Å². The van der Waals surface area contributed by atoms with Crippen LogP contribution in [0.2, 0.25) is 0 Å². The highest BCUT2D eigenvalue weighted by atomic mass is 16.6. The molecule has 2 N–H and O–H groups in total. The number of carbonyl (C=O) groups is 2. The summed E-state index contributed by atoms with van der Waals surface area (Å²) in [5, 5.41) is 27.5. The smallest absolute Gasteiger partial charge is 0.273 e. The van der Waals surface area contributed by atoms with Crippen LogP contribution < -0.4 is 10.6 Å². The summed E-state index contributed by atoms with van der Waals surface area (Å²) in [4.78, 5) is 45.8. The lowest BCUT2D eigenvalue weighted by Crippen LogP contribution is -2.42. The number of hydrogen-bond acceptors (Lipinski definition) is 6.